The Kier molecular flexibility index (Phi) is 3.11. The summed E-state index contributed by atoms with van der Waals surface area (Å²) in [6.45, 7) is 3.10. The van der Waals surface area contributed by atoms with Crippen molar-refractivity contribution in [2.24, 2.45) is 0 Å². The molecule has 1 unspecified atom stereocenters. The molecule has 5 nitrogen and oxygen atoms in total. The molecule has 1 atom stereocenters. The summed E-state index contributed by atoms with van der Waals surface area (Å²) in [4.78, 5) is 11.4. The lowest BCUT2D eigenvalue weighted by Crippen LogP contribution is -2.37. The van der Waals surface area contributed by atoms with E-state index >= 15 is 0 Å². The second kappa shape index (κ2) is 4.72. The van der Waals surface area contributed by atoms with Crippen LogP contribution in [0, 0.1) is 0 Å². The smallest absolute Gasteiger partial charge is 0.336 e. The molecule has 0 aliphatic heterocycles. The first-order valence-electron chi connectivity index (χ1n) is 6.69. The summed E-state index contributed by atoms with van der Waals surface area (Å²) >= 11 is 0. The third kappa shape index (κ3) is 2.46. The number of hydrogen-bond donors (Lipinski definition) is 2. The molecular weight excluding hydrogens is 272 g/mol. The maximum Gasteiger partial charge on any atom is 0.336 e. The van der Waals surface area contributed by atoms with E-state index in [0.29, 0.717) is 11.2 Å². The Morgan fingerprint density at radius 3 is 2.62 bits per heavy atom. The van der Waals surface area contributed by atoms with Crippen LogP contribution >= 0.6 is 0 Å². The van der Waals surface area contributed by atoms with Crippen molar-refractivity contribution < 1.29 is 19.0 Å². The molecule has 2 N–H and O–H groups in total. The van der Waals surface area contributed by atoms with Crippen LogP contribution in [0.1, 0.15) is 19.4 Å². The first-order chi connectivity index (χ1) is 9.86. The zero-order valence-electron chi connectivity index (χ0n) is 11.8. The van der Waals surface area contributed by atoms with Crippen molar-refractivity contribution in [1.29, 1.82) is 0 Å². The van der Waals surface area contributed by atoms with E-state index in [0.717, 1.165) is 16.3 Å². The van der Waals surface area contributed by atoms with Gasteiger partial charge in [0.2, 0.25) is 0 Å². The molecule has 110 valence electrons. The number of furan rings is 1. The van der Waals surface area contributed by atoms with Crippen molar-refractivity contribution in [3.05, 3.63) is 46.5 Å². The highest BCUT2D eigenvalue weighted by atomic mass is 16.4. The van der Waals surface area contributed by atoms with Gasteiger partial charge >= 0.3 is 5.63 Å². The van der Waals surface area contributed by atoms with E-state index in [-0.39, 0.29) is 6.42 Å². The molecule has 1 aromatic carbocycles. The van der Waals surface area contributed by atoms with Crippen LogP contribution < -0.4 is 5.63 Å². The molecule has 0 saturated heterocycles. The van der Waals surface area contributed by atoms with Gasteiger partial charge in [0.15, 0.2) is 0 Å². The fourth-order valence-corrected chi connectivity index (χ4v) is 2.40. The van der Waals surface area contributed by atoms with Gasteiger partial charge in [-0.25, -0.2) is 4.79 Å². The molecule has 0 aliphatic carbocycles. The molecule has 2 heterocycles. The summed E-state index contributed by atoms with van der Waals surface area (Å²) < 4.78 is 10.6. The summed E-state index contributed by atoms with van der Waals surface area (Å²) in [7, 11) is 0. The van der Waals surface area contributed by atoms with Crippen LogP contribution in [-0.2, 0) is 6.42 Å². The number of fused-ring (bicyclic) bond motifs is 2. The Morgan fingerprint density at radius 1 is 1.19 bits per heavy atom. The third-order valence-corrected chi connectivity index (χ3v) is 3.68. The zero-order chi connectivity index (χ0) is 15.2. The lowest BCUT2D eigenvalue weighted by molar-refractivity contribution is -0.0466. The Hall–Kier alpha value is -2.11. The molecule has 2 aromatic heterocycles. The lowest BCUT2D eigenvalue weighted by atomic mass is 9.92. The minimum absolute atomic E-state index is 0.227. The van der Waals surface area contributed by atoms with E-state index in [1.54, 1.807) is 38.3 Å². The van der Waals surface area contributed by atoms with Gasteiger partial charge in [-0.05, 0) is 31.5 Å². The normalized spacial score (nSPS) is 13.9. The van der Waals surface area contributed by atoms with Crippen LogP contribution in [0.25, 0.3) is 21.9 Å². The van der Waals surface area contributed by atoms with Gasteiger partial charge in [0.05, 0.1) is 18.0 Å². The van der Waals surface area contributed by atoms with E-state index in [1.807, 2.05) is 0 Å². The van der Waals surface area contributed by atoms with Crippen LogP contribution in [0.5, 0.6) is 0 Å². The maximum absolute atomic E-state index is 11.4. The third-order valence-electron chi connectivity index (χ3n) is 3.68. The topological polar surface area (TPSA) is 83.8 Å². The van der Waals surface area contributed by atoms with E-state index in [1.165, 1.54) is 6.07 Å². The number of aliphatic hydroxyl groups is 2. The van der Waals surface area contributed by atoms with Gasteiger partial charge in [0.1, 0.15) is 11.2 Å². The minimum atomic E-state index is -1.23. The first-order valence-corrected chi connectivity index (χ1v) is 6.69. The molecule has 3 rings (SSSR count). The zero-order valence-corrected chi connectivity index (χ0v) is 11.8. The van der Waals surface area contributed by atoms with Gasteiger partial charge in [0, 0.05) is 29.3 Å². The van der Waals surface area contributed by atoms with Crippen molar-refractivity contribution in [1.82, 2.24) is 0 Å². The van der Waals surface area contributed by atoms with E-state index in [2.05, 4.69) is 0 Å². The average Bonchev–Trinajstić information content (AvgIpc) is 2.84. The molecule has 0 bridgehead atoms. The predicted octanol–water partition coefficient (Wildman–Crippen LogP) is 2.21. The SMILES string of the molecule is CC(C)(O)C(O)Cc1c2ccoc2cc2oc(=O)ccc12. The van der Waals surface area contributed by atoms with Gasteiger partial charge < -0.3 is 19.0 Å². The molecule has 0 spiro atoms. The van der Waals surface area contributed by atoms with Gasteiger partial charge in [-0.1, -0.05) is 0 Å². The van der Waals surface area contributed by atoms with Gasteiger partial charge in [0.25, 0.3) is 0 Å². The van der Waals surface area contributed by atoms with E-state index < -0.39 is 17.3 Å². The first kappa shape index (κ1) is 13.9. The summed E-state index contributed by atoms with van der Waals surface area (Å²) in [5, 5.41) is 21.7. The molecular formula is C16H16O5. The van der Waals surface area contributed by atoms with Gasteiger partial charge in [-0.2, -0.15) is 0 Å². The fourth-order valence-electron chi connectivity index (χ4n) is 2.40. The summed E-state index contributed by atoms with van der Waals surface area (Å²) in [5.74, 6) is 0. The molecule has 21 heavy (non-hydrogen) atoms. The van der Waals surface area contributed by atoms with Crippen molar-refractivity contribution in [2.45, 2.75) is 32.0 Å². The van der Waals surface area contributed by atoms with Crippen molar-refractivity contribution in [2.75, 3.05) is 0 Å². The fraction of sp³-hybridized carbons (Fsp3) is 0.312. The number of rotatable bonds is 3. The molecule has 5 heteroatoms. The Labute approximate surface area is 120 Å². The van der Waals surface area contributed by atoms with Crippen LogP contribution in [0.3, 0.4) is 0 Å². The molecule has 0 aliphatic rings. The minimum Gasteiger partial charge on any atom is -0.464 e. The number of aliphatic hydroxyl groups excluding tert-OH is 1. The van der Waals surface area contributed by atoms with Crippen LogP contribution in [0.4, 0.5) is 0 Å². The Balaban J connectivity index is 2.25. The van der Waals surface area contributed by atoms with E-state index in [9.17, 15) is 15.0 Å². The highest BCUT2D eigenvalue weighted by Crippen LogP contribution is 2.30. The largest absolute Gasteiger partial charge is 0.464 e. The number of hydrogen-bond acceptors (Lipinski definition) is 5. The quantitative estimate of drug-likeness (QED) is 0.722. The Bertz CT molecular complexity index is 850. The monoisotopic (exact) mass is 288 g/mol. The molecule has 0 saturated carbocycles. The van der Waals surface area contributed by atoms with Crippen LogP contribution in [0.2, 0.25) is 0 Å². The summed E-state index contributed by atoms with van der Waals surface area (Å²) in [6, 6.07) is 6.46. The predicted molar refractivity (Wildman–Crippen MR) is 78.3 cm³/mol. The second-order valence-corrected chi connectivity index (χ2v) is 5.73. The highest BCUT2D eigenvalue weighted by molar-refractivity contribution is 5.97. The Morgan fingerprint density at radius 2 is 1.90 bits per heavy atom. The maximum atomic E-state index is 11.4. The van der Waals surface area contributed by atoms with Crippen LogP contribution in [0.15, 0.2) is 44.2 Å². The molecule has 3 aromatic rings. The molecule has 0 radical (unpaired) electrons. The average molecular weight is 288 g/mol. The van der Waals surface area contributed by atoms with Crippen molar-refractivity contribution in [3.8, 4) is 0 Å². The second-order valence-electron chi connectivity index (χ2n) is 5.73. The van der Waals surface area contributed by atoms with Gasteiger partial charge in [-0.15, -0.1) is 0 Å². The standard InChI is InChI=1S/C16H16O5/c1-16(2,19)14(17)7-11-9-3-4-15(18)21-13(9)8-12-10(11)5-6-20-12/h3-6,8,14,17,19H,7H2,1-2H3. The highest BCUT2D eigenvalue weighted by Gasteiger charge is 2.26. The summed E-state index contributed by atoms with van der Waals surface area (Å²) in [5.41, 5.74) is 0.100. The molecule has 0 fully saturated rings. The lowest BCUT2D eigenvalue weighted by Gasteiger charge is -2.25. The van der Waals surface area contributed by atoms with E-state index in [4.69, 9.17) is 8.83 Å². The number of benzene rings is 1. The van der Waals surface area contributed by atoms with Crippen molar-refractivity contribution in [3.63, 3.8) is 0 Å². The molecule has 0 amide bonds. The van der Waals surface area contributed by atoms with Crippen molar-refractivity contribution >= 4 is 21.9 Å². The summed E-state index contributed by atoms with van der Waals surface area (Å²) in [6.07, 6.45) is 0.819. The van der Waals surface area contributed by atoms with Crippen LogP contribution in [-0.4, -0.2) is 21.9 Å². The van der Waals surface area contributed by atoms with Gasteiger partial charge in [-0.3, -0.25) is 0 Å².